The molecule has 2 aromatic rings. The first-order valence-corrected chi connectivity index (χ1v) is 5.88. The molecule has 1 heterocycles. The Kier molecular flexibility index (Phi) is 4.28. The van der Waals surface area contributed by atoms with Crippen molar-refractivity contribution in [3.05, 3.63) is 70.2 Å². The van der Waals surface area contributed by atoms with Crippen molar-refractivity contribution in [1.29, 1.82) is 0 Å². The molecule has 20 heavy (non-hydrogen) atoms. The molecule has 1 amide bonds. The maximum Gasteiger partial charge on any atom is 0.276 e. The Morgan fingerprint density at radius 2 is 2.10 bits per heavy atom. The standard InChI is InChI=1S/C14H12N2O4/c17-14(15-10-12-5-3-9-20-12)8-7-11-4-1-2-6-13(11)16(18)19/h1-9H,10H2,(H,15,17)/b8-7+. The molecule has 0 atom stereocenters. The minimum Gasteiger partial charge on any atom is -0.467 e. The van der Waals surface area contributed by atoms with Gasteiger partial charge < -0.3 is 9.73 Å². The Hall–Kier alpha value is -2.89. The van der Waals surface area contributed by atoms with Crippen molar-refractivity contribution >= 4 is 17.7 Å². The summed E-state index contributed by atoms with van der Waals surface area (Å²) in [4.78, 5) is 21.9. The van der Waals surface area contributed by atoms with Crippen molar-refractivity contribution in [3.8, 4) is 0 Å². The normalized spacial score (nSPS) is 10.6. The molecule has 102 valence electrons. The second-order valence-electron chi connectivity index (χ2n) is 3.95. The first-order chi connectivity index (χ1) is 9.66. The van der Waals surface area contributed by atoms with Gasteiger partial charge in [-0.3, -0.25) is 14.9 Å². The van der Waals surface area contributed by atoms with Crippen molar-refractivity contribution in [2.75, 3.05) is 0 Å². The summed E-state index contributed by atoms with van der Waals surface area (Å²) in [7, 11) is 0. The third kappa shape index (κ3) is 3.55. The lowest BCUT2D eigenvalue weighted by atomic mass is 10.1. The number of nitro groups is 1. The van der Waals surface area contributed by atoms with Gasteiger partial charge in [-0.1, -0.05) is 12.1 Å². The van der Waals surface area contributed by atoms with Gasteiger partial charge in [0.2, 0.25) is 5.91 Å². The fourth-order valence-corrected chi connectivity index (χ4v) is 1.61. The number of hydrogen-bond acceptors (Lipinski definition) is 4. The molecule has 1 aromatic heterocycles. The van der Waals surface area contributed by atoms with Gasteiger partial charge in [-0.25, -0.2) is 0 Å². The van der Waals surface area contributed by atoms with Gasteiger partial charge >= 0.3 is 0 Å². The number of amides is 1. The maximum absolute atomic E-state index is 11.6. The highest BCUT2D eigenvalue weighted by Crippen LogP contribution is 2.18. The van der Waals surface area contributed by atoms with Gasteiger partial charge in [0.15, 0.2) is 0 Å². The molecule has 1 N–H and O–H groups in total. The van der Waals surface area contributed by atoms with Crippen LogP contribution in [-0.4, -0.2) is 10.8 Å². The van der Waals surface area contributed by atoms with E-state index in [9.17, 15) is 14.9 Å². The van der Waals surface area contributed by atoms with Crippen LogP contribution in [0.25, 0.3) is 6.08 Å². The zero-order valence-electron chi connectivity index (χ0n) is 10.5. The predicted octanol–water partition coefficient (Wildman–Crippen LogP) is 2.52. The Morgan fingerprint density at radius 3 is 2.80 bits per heavy atom. The first kappa shape index (κ1) is 13.5. The van der Waals surface area contributed by atoms with Crippen LogP contribution in [-0.2, 0) is 11.3 Å². The van der Waals surface area contributed by atoms with E-state index in [4.69, 9.17) is 4.42 Å². The Morgan fingerprint density at radius 1 is 1.30 bits per heavy atom. The number of para-hydroxylation sites is 1. The number of benzene rings is 1. The molecule has 0 aliphatic carbocycles. The Bertz CT molecular complexity index is 632. The average Bonchev–Trinajstić information content (AvgIpc) is 2.96. The van der Waals surface area contributed by atoms with E-state index >= 15 is 0 Å². The summed E-state index contributed by atoms with van der Waals surface area (Å²) in [5, 5.41) is 13.4. The van der Waals surface area contributed by atoms with E-state index in [1.54, 1.807) is 30.3 Å². The number of carbonyl (C=O) groups is 1. The summed E-state index contributed by atoms with van der Waals surface area (Å²) in [5.74, 6) is 0.289. The van der Waals surface area contributed by atoms with E-state index in [0.29, 0.717) is 11.3 Å². The van der Waals surface area contributed by atoms with E-state index in [0.717, 1.165) is 0 Å². The summed E-state index contributed by atoms with van der Waals surface area (Å²) in [6.07, 6.45) is 4.19. The largest absolute Gasteiger partial charge is 0.467 e. The summed E-state index contributed by atoms with van der Waals surface area (Å²) in [6, 6.07) is 9.69. The third-order valence-electron chi connectivity index (χ3n) is 2.56. The van der Waals surface area contributed by atoms with Gasteiger partial charge in [-0.2, -0.15) is 0 Å². The van der Waals surface area contributed by atoms with Gasteiger partial charge in [-0.05, 0) is 24.3 Å². The van der Waals surface area contributed by atoms with E-state index in [-0.39, 0.29) is 18.1 Å². The topological polar surface area (TPSA) is 85.4 Å². The quantitative estimate of drug-likeness (QED) is 0.515. The van der Waals surface area contributed by atoms with Crippen LogP contribution < -0.4 is 5.32 Å². The molecule has 2 rings (SSSR count). The van der Waals surface area contributed by atoms with Crippen LogP contribution in [0.5, 0.6) is 0 Å². The molecule has 1 aromatic carbocycles. The smallest absolute Gasteiger partial charge is 0.276 e. The molecule has 0 saturated heterocycles. The second-order valence-corrected chi connectivity index (χ2v) is 3.95. The number of furan rings is 1. The molecule has 6 nitrogen and oxygen atoms in total. The number of rotatable bonds is 5. The van der Waals surface area contributed by atoms with Crippen LogP contribution in [0, 0.1) is 10.1 Å². The van der Waals surface area contributed by atoms with Crippen molar-refractivity contribution < 1.29 is 14.1 Å². The highest BCUT2D eigenvalue weighted by atomic mass is 16.6. The average molecular weight is 272 g/mol. The van der Waals surface area contributed by atoms with Crippen LogP contribution >= 0.6 is 0 Å². The molecule has 6 heteroatoms. The minimum absolute atomic E-state index is 0.0393. The van der Waals surface area contributed by atoms with Gasteiger partial charge in [0.25, 0.3) is 5.69 Å². The van der Waals surface area contributed by atoms with Crippen molar-refractivity contribution in [1.82, 2.24) is 5.32 Å². The molecule has 0 aliphatic heterocycles. The van der Waals surface area contributed by atoms with E-state index in [2.05, 4.69) is 5.32 Å². The third-order valence-corrected chi connectivity index (χ3v) is 2.56. The monoisotopic (exact) mass is 272 g/mol. The maximum atomic E-state index is 11.6. The Labute approximate surface area is 114 Å². The highest BCUT2D eigenvalue weighted by molar-refractivity contribution is 5.92. The highest BCUT2D eigenvalue weighted by Gasteiger charge is 2.09. The molecule has 0 spiro atoms. The zero-order chi connectivity index (χ0) is 14.4. The van der Waals surface area contributed by atoms with Crippen LogP contribution in [0.2, 0.25) is 0 Å². The van der Waals surface area contributed by atoms with Crippen molar-refractivity contribution in [2.24, 2.45) is 0 Å². The summed E-state index contributed by atoms with van der Waals surface area (Å²) in [5.41, 5.74) is 0.341. The van der Waals surface area contributed by atoms with Gasteiger partial charge in [-0.15, -0.1) is 0 Å². The molecule has 0 aliphatic rings. The second kappa shape index (κ2) is 6.33. The fraction of sp³-hybridized carbons (Fsp3) is 0.0714. The SMILES string of the molecule is O=C(/C=C/c1ccccc1[N+](=O)[O-])NCc1ccco1. The van der Waals surface area contributed by atoms with E-state index in [1.165, 1.54) is 24.5 Å². The van der Waals surface area contributed by atoms with Crippen molar-refractivity contribution in [2.45, 2.75) is 6.54 Å². The van der Waals surface area contributed by atoms with E-state index in [1.807, 2.05) is 0 Å². The van der Waals surface area contributed by atoms with E-state index < -0.39 is 4.92 Å². The lowest BCUT2D eigenvalue weighted by Crippen LogP contribution is -2.19. The van der Waals surface area contributed by atoms with Crippen LogP contribution in [0.15, 0.2) is 53.2 Å². The summed E-state index contributed by atoms with van der Waals surface area (Å²) in [6.45, 7) is 0.271. The number of hydrogen-bond donors (Lipinski definition) is 1. The lowest BCUT2D eigenvalue weighted by molar-refractivity contribution is -0.385. The molecule has 0 saturated carbocycles. The number of nitrogens with zero attached hydrogens (tertiary/aromatic N) is 1. The van der Waals surface area contributed by atoms with Gasteiger partial charge in [0.05, 0.1) is 23.3 Å². The van der Waals surface area contributed by atoms with Crippen LogP contribution in [0.3, 0.4) is 0 Å². The number of nitrogens with one attached hydrogen (secondary N) is 1. The zero-order valence-corrected chi connectivity index (χ0v) is 10.5. The van der Waals surface area contributed by atoms with Crippen LogP contribution in [0.1, 0.15) is 11.3 Å². The number of carbonyl (C=O) groups excluding carboxylic acids is 1. The molecular weight excluding hydrogens is 260 g/mol. The predicted molar refractivity (Wildman–Crippen MR) is 72.7 cm³/mol. The number of nitro benzene ring substituents is 1. The van der Waals surface area contributed by atoms with Gasteiger partial charge in [0, 0.05) is 12.1 Å². The summed E-state index contributed by atoms with van der Waals surface area (Å²) < 4.78 is 5.07. The molecule has 0 fully saturated rings. The Balaban J connectivity index is 1.98. The summed E-state index contributed by atoms with van der Waals surface area (Å²) >= 11 is 0. The molecule has 0 radical (unpaired) electrons. The van der Waals surface area contributed by atoms with Gasteiger partial charge in [0.1, 0.15) is 5.76 Å². The molecule has 0 unspecified atom stereocenters. The molecular formula is C14H12N2O4. The first-order valence-electron chi connectivity index (χ1n) is 5.88. The minimum atomic E-state index is -0.486. The molecule has 0 bridgehead atoms. The fourth-order valence-electron chi connectivity index (χ4n) is 1.61. The van der Waals surface area contributed by atoms with Crippen molar-refractivity contribution in [3.63, 3.8) is 0 Å². The lowest BCUT2D eigenvalue weighted by Gasteiger charge is -1.99. The van der Waals surface area contributed by atoms with Crippen LogP contribution in [0.4, 0.5) is 5.69 Å².